The number of Topliss-reactive ketones (excluding diaryl/α,β-unsaturated/α-hetero) is 1. The standard InChI is InChI=1S/C17H26N2O5S/c1-6-18-12(4)15(11(3)16(18)17(21)24-5)14(20)10-19(13-8-9-13)25(22,23)7-2/h13H,6-10H2,1-5H3. The zero-order chi connectivity index (χ0) is 18.9. The summed E-state index contributed by atoms with van der Waals surface area (Å²) in [6.07, 6.45) is 1.57. The highest BCUT2D eigenvalue weighted by Gasteiger charge is 2.38. The molecule has 0 amide bonds. The van der Waals surface area contributed by atoms with E-state index in [4.69, 9.17) is 4.74 Å². The van der Waals surface area contributed by atoms with Crippen molar-refractivity contribution in [1.29, 1.82) is 0 Å². The Morgan fingerprint density at radius 3 is 2.28 bits per heavy atom. The summed E-state index contributed by atoms with van der Waals surface area (Å²) in [5.74, 6) is -0.809. The largest absolute Gasteiger partial charge is 0.464 e. The van der Waals surface area contributed by atoms with Crippen molar-refractivity contribution >= 4 is 21.8 Å². The zero-order valence-electron chi connectivity index (χ0n) is 15.5. The number of esters is 1. The van der Waals surface area contributed by atoms with Crippen molar-refractivity contribution in [3.63, 3.8) is 0 Å². The van der Waals surface area contributed by atoms with Gasteiger partial charge in [0.25, 0.3) is 0 Å². The number of sulfonamides is 1. The first-order valence-corrected chi connectivity index (χ1v) is 10.1. The highest BCUT2D eigenvalue weighted by Crippen LogP contribution is 2.31. The molecule has 0 aliphatic heterocycles. The second-order valence-electron chi connectivity index (χ2n) is 6.27. The molecule has 1 fully saturated rings. The number of ether oxygens (including phenoxy) is 1. The van der Waals surface area contributed by atoms with E-state index in [1.165, 1.54) is 11.4 Å². The molecule has 0 aromatic carbocycles. The summed E-state index contributed by atoms with van der Waals surface area (Å²) in [6, 6.07) is -0.0807. The van der Waals surface area contributed by atoms with E-state index >= 15 is 0 Å². The molecule has 0 N–H and O–H groups in total. The van der Waals surface area contributed by atoms with Crippen molar-refractivity contribution in [2.75, 3.05) is 19.4 Å². The van der Waals surface area contributed by atoms with Gasteiger partial charge in [-0.1, -0.05) is 0 Å². The van der Waals surface area contributed by atoms with E-state index in [-0.39, 0.29) is 24.1 Å². The lowest BCUT2D eigenvalue weighted by Crippen LogP contribution is -2.38. The topological polar surface area (TPSA) is 85.7 Å². The Bertz CT molecular complexity index is 790. The van der Waals surface area contributed by atoms with Crippen LogP contribution in [0.2, 0.25) is 0 Å². The summed E-state index contributed by atoms with van der Waals surface area (Å²) in [5.41, 5.74) is 1.97. The van der Waals surface area contributed by atoms with Crippen LogP contribution >= 0.6 is 0 Å². The highest BCUT2D eigenvalue weighted by atomic mass is 32.2. The number of carbonyl (C=O) groups is 2. The van der Waals surface area contributed by atoms with Gasteiger partial charge in [-0.2, -0.15) is 4.31 Å². The molecule has 0 radical (unpaired) electrons. The third-order valence-corrected chi connectivity index (χ3v) is 6.59. The fourth-order valence-electron chi connectivity index (χ4n) is 3.26. The molecule has 1 aliphatic rings. The minimum absolute atomic E-state index is 0.0296. The zero-order valence-corrected chi connectivity index (χ0v) is 16.3. The molecule has 0 bridgehead atoms. The van der Waals surface area contributed by atoms with Crippen molar-refractivity contribution in [2.24, 2.45) is 0 Å². The van der Waals surface area contributed by atoms with E-state index < -0.39 is 16.0 Å². The minimum atomic E-state index is -3.44. The SMILES string of the molecule is CCn1c(C)c(C(=O)CN(C2CC2)S(=O)(=O)CC)c(C)c1C(=O)OC. The van der Waals surface area contributed by atoms with Crippen LogP contribution in [0.15, 0.2) is 0 Å². The lowest BCUT2D eigenvalue weighted by molar-refractivity contribution is 0.0587. The molecular formula is C17H26N2O5S. The maximum absolute atomic E-state index is 12.9. The van der Waals surface area contributed by atoms with Crippen molar-refractivity contribution in [2.45, 2.75) is 53.1 Å². The molecule has 0 unspecified atom stereocenters. The van der Waals surface area contributed by atoms with Crippen LogP contribution in [0, 0.1) is 13.8 Å². The summed E-state index contributed by atoms with van der Waals surface area (Å²) >= 11 is 0. The fourth-order valence-corrected chi connectivity index (χ4v) is 4.58. The van der Waals surface area contributed by atoms with Crippen LogP contribution in [0.25, 0.3) is 0 Å². The Morgan fingerprint density at radius 2 is 1.84 bits per heavy atom. The summed E-state index contributed by atoms with van der Waals surface area (Å²) in [7, 11) is -2.14. The average Bonchev–Trinajstić information content (AvgIpc) is 3.37. The number of aromatic nitrogens is 1. The molecule has 1 aromatic rings. The van der Waals surface area contributed by atoms with Gasteiger partial charge in [0.15, 0.2) is 5.78 Å². The predicted octanol–water partition coefficient (Wildman–Crippen LogP) is 1.91. The van der Waals surface area contributed by atoms with Crippen molar-refractivity contribution in [1.82, 2.24) is 8.87 Å². The lowest BCUT2D eigenvalue weighted by Gasteiger charge is -2.20. The second kappa shape index (κ2) is 7.29. The van der Waals surface area contributed by atoms with Gasteiger partial charge < -0.3 is 9.30 Å². The molecular weight excluding hydrogens is 344 g/mol. The van der Waals surface area contributed by atoms with Crippen LogP contribution in [-0.2, 0) is 21.3 Å². The normalized spacial score (nSPS) is 14.8. The van der Waals surface area contributed by atoms with Gasteiger partial charge in [0.05, 0.1) is 19.4 Å². The first kappa shape index (κ1) is 19.7. The molecule has 25 heavy (non-hydrogen) atoms. The highest BCUT2D eigenvalue weighted by molar-refractivity contribution is 7.89. The Hall–Kier alpha value is -1.67. The van der Waals surface area contributed by atoms with Crippen molar-refractivity contribution in [3.05, 3.63) is 22.5 Å². The maximum atomic E-state index is 12.9. The van der Waals surface area contributed by atoms with E-state index in [2.05, 4.69) is 0 Å². The van der Waals surface area contributed by atoms with E-state index in [9.17, 15) is 18.0 Å². The van der Waals surface area contributed by atoms with Gasteiger partial charge in [-0.15, -0.1) is 0 Å². The summed E-state index contributed by atoms with van der Waals surface area (Å²) in [4.78, 5) is 25.0. The summed E-state index contributed by atoms with van der Waals surface area (Å²) < 4.78 is 32.5. The minimum Gasteiger partial charge on any atom is -0.464 e. The number of ketones is 1. The quantitative estimate of drug-likeness (QED) is 0.515. The van der Waals surface area contributed by atoms with Gasteiger partial charge in [0.1, 0.15) is 5.69 Å². The molecule has 7 nitrogen and oxygen atoms in total. The number of hydrogen-bond acceptors (Lipinski definition) is 5. The molecule has 8 heteroatoms. The van der Waals surface area contributed by atoms with Gasteiger partial charge in [0.2, 0.25) is 10.0 Å². The molecule has 2 rings (SSSR count). The molecule has 0 spiro atoms. The van der Waals surface area contributed by atoms with E-state index in [1.54, 1.807) is 25.3 Å². The molecule has 0 saturated heterocycles. The van der Waals surface area contributed by atoms with Crippen LogP contribution in [-0.4, -0.2) is 54.5 Å². The molecule has 0 atom stereocenters. The molecule has 140 valence electrons. The number of nitrogens with zero attached hydrogens (tertiary/aromatic N) is 2. The van der Waals surface area contributed by atoms with Gasteiger partial charge in [-0.05, 0) is 46.1 Å². The third-order valence-electron chi connectivity index (χ3n) is 4.72. The van der Waals surface area contributed by atoms with Crippen LogP contribution in [0.5, 0.6) is 0 Å². The molecule has 1 saturated carbocycles. The van der Waals surface area contributed by atoms with E-state index in [0.29, 0.717) is 29.1 Å². The first-order chi connectivity index (χ1) is 11.7. The molecule has 1 aliphatic carbocycles. The van der Waals surface area contributed by atoms with Crippen LogP contribution in [0.1, 0.15) is 58.8 Å². The van der Waals surface area contributed by atoms with Crippen molar-refractivity contribution < 1.29 is 22.7 Å². The van der Waals surface area contributed by atoms with Crippen LogP contribution in [0.3, 0.4) is 0 Å². The summed E-state index contributed by atoms with van der Waals surface area (Å²) in [6.45, 7) is 7.26. The van der Waals surface area contributed by atoms with Crippen LogP contribution < -0.4 is 0 Å². The van der Waals surface area contributed by atoms with Gasteiger partial charge >= 0.3 is 5.97 Å². The van der Waals surface area contributed by atoms with Gasteiger partial charge in [0, 0.05) is 23.8 Å². The molecule has 1 heterocycles. The third kappa shape index (κ3) is 3.64. The fraction of sp³-hybridized carbons (Fsp3) is 0.647. The first-order valence-electron chi connectivity index (χ1n) is 8.50. The number of methoxy groups -OCH3 is 1. The van der Waals surface area contributed by atoms with Gasteiger partial charge in [-0.25, -0.2) is 13.2 Å². The van der Waals surface area contributed by atoms with Crippen LogP contribution in [0.4, 0.5) is 0 Å². The van der Waals surface area contributed by atoms with E-state index in [0.717, 1.165) is 12.8 Å². The van der Waals surface area contributed by atoms with Gasteiger partial charge in [-0.3, -0.25) is 4.79 Å². The smallest absolute Gasteiger partial charge is 0.354 e. The Kier molecular flexibility index (Phi) is 5.73. The maximum Gasteiger partial charge on any atom is 0.354 e. The second-order valence-corrected chi connectivity index (χ2v) is 8.48. The lowest BCUT2D eigenvalue weighted by atomic mass is 10.1. The molecule has 1 aromatic heterocycles. The number of carbonyl (C=O) groups excluding carboxylic acids is 2. The average molecular weight is 370 g/mol. The number of rotatable bonds is 8. The Labute approximate surface area is 149 Å². The monoisotopic (exact) mass is 370 g/mol. The van der Waals surface area contributed by atoms with Crippen molar-refractivity contribution in [3.8, 4) is 0 Å². The Morgan fingerprint density at radius 1 is 1.24 bits per heavy atom. The summed E-state index contributed by atoms with van der Waals surface area (Å²) in [5, 5.41) is 0. The predicted molar refractivity (Wildman–Crippen MR) is 94.4 cm³/mol. The number of hydrogen-bond donors (Lipinski definition) is 0. The van der Waals surface area contributed by atoms with E-state index in [1.807, 2.05) is 6.92 Å². The Balaban J connectivity index is 2.42.